The molecule has 3 atom stereocenters. The predicted octanol–water partition coefficient (Wildman–Crippen LogP) is 3.13. The average Bonchev–Trinajstić information content (AvgIpc) is 3.02. The highest BCUT2D eigenvalue weighted by atomic mass is 19.1. The predicted molar refractivity (Wildman–Crippen MR) is 91.6 cm³/mol. The van der Waals surface area contributed by atoms with Crippen molar-refractivity contribution in [1.82, 2.24) is 4.98 Å². The van der Waals surface area contributed by atoms with E-state index >= 15 is 0 Å². The van der Waals surface area contributed by atoms with E-state index in [1.165, 1.54) is 12.1 Å². The van der Waals surface area contributed by atoms with E-state index < -0.39 is 5.60 Å². The first-order valence-electron chi connectivity index (χ1n) is 8.67. The van der Waals surface area contributed by atoms with Crippen molar-refractivity contribution in [2.24, 2.45) is 5.92 Å². The molecule has 2 saturated heterocycles. The largest absolute Gasteiger partial charge is 0.390 e. The van der Waals surface area contributed by atoms with E-state index in [4.69, 9.17) is 4.74 Å². The fraction of sp³-hybridized carbons (Fsp3) is 0.526. The van der Waals surface area contributed by atoms with Crippen LogP contribution in [0.1, 0.15) is 26.2 Å². The molecule has 1 aromatic heterocycles. The van der Waals surface area contributed by atoms with E-state index in [-0.39, 0.29) is 17.8 Å². The van der Waals surface area contributed by atoms with Crippen molar-refractivity contribution in [1.29, 1.82) is 0 Å². The van der Waals surface area contributed by atoms with Crippen molar-refractivity contribution in [3.63, 3.8) is 0 Å². The number of anilines is 1. The molecule has 4 rings (SSSR count). The fourth-order valence-electron chi connectivity index (χ4n) is 4.25. The van der Waals surface area contributed by atoms with Gasteiger partial charge in [-0.25, -0.2) is 4.39 Å². The summed E-state index contributed by atoms with van der Waals surface area (Å²) in [5.41, 5.74) is 1.04. The number of hydrogen-bond donors (Lipinski definition) is 1. The Labute approximate surface area is 141 Å². The summed E-state index contributed by atoms with van der Waals surface area (Å²) in [6, 6.07) is 6.99. The van der Waals surface area contributed by atoms with Gasteiger partial charge in [-0.05, 0) is 44.4 Å². The monoisotopic (exact) mass is 330 g/mol. The first-order chi connectivity index (χ1) is 11.6. The van der Waals surface area contributed by atoms with Gasteiger partial charge in [-0.3, -0.25) is 4.98 Å². The Balaban J connectivity index is 1.73. The number of fused-ring (bicyclic) bond motifs is 1. The number of halogens is 1. The van der Waals surface area contributed by atoms with E-state index in [1.807, 2.05) is 13.0 Å². The molecule has 0 aliphatic carbocycles. The number of aliphatic hydroxyl groups is 1. The molecular weight excluding hydrogens is 307 g/mol. The fourth-order valence-corrected chi connectivity index (χ4v) is 4.25. The molecular formula is C19H23FN2O2. The Bertz CT molecular complexity index is 749. The van der Waals surface area contributed by atoms with Gasteiger partial charge >= 0.3 is 0 Å². The molecule has 0 amide bonds. The maximum absolute atomic E-state index is 13.5. The van der Waals surface area contributed by atoms with Crippen LogP contribution in [0.3, 0.4) is 0 Å². The van der Waals surface area contributed by atoms with E-state index in [1.54, 1.807) is 12.3 Å². The minimum absolute atomic E-state index is 0.0809. The van der Waals surface area contributed by atoms with Crippen LogP contribution in [0.5, 0.6) is 0 Å². The van der Waals surface area contributed by atoms with Crippen LogP contribution >= 0.6 is 0 Å². The van der Waals surface area contributed by atoms with Gasteiger partial charge in [0.2, 0.25) is 0 Å². The Morgan fingerprint density at radius 3 is 3.08 bits per heavy atom. The summed E-state index contributed by atoms with van der Waals surface area (Å²) in [5.74, 6) is -0.189. The van der Waals surface area contributed by atoms with E-state index in [0.717, 1.165) is 30.5 Å². The lowest BCUT2D eigenvalue weighted by Crippen LogP contribution is -2.52. The van der Waals surface area contributed by atoms with Crippen LogP contribution in [0.2, 0.25) is 0 Å². The average molecular weight is 330 g/mol. The Hall–Kier alpha value is -1.72. The van der Waals surface area contributed by atoms with Crippen LogP contribution in [0, 0.1) is 11.7 Å². The summed E-state index contributed by atoms with van der Waals surface area (Å²) < 4.78 is 19.2. The molecule has 0 unspecified atom stereocenters. The van der Waals surface area contributed by atoms with Gasteiger partial charge in [0.05, 0.1) is 17.7 Å². The lowest BCUT2D eigenvalue weighted by atomic mass is 9.79. The molecule has 3 heterocycles. The zero-order valence-electron chi connectivity index (χ0n) is 13.9. The summed E-state index contributed by atoms with van der Waals surface area (Å²) in [6.45, 7) is 4.07. The Kier molecular flexibility index (Phi) is 3.93. The molecule has 2 aliphatic rings. The summed E-state index contributed by atoms with van der Waals surface area (Å²) >= 11 is 0. The van der Waals surface area contributed by atoms with Crippen molar-refractivity contribution < 1.29 is 14.2 Å². The zero-order chi connectivity index (χ0) is 16.7. The quantitative estimate of drug-likeness (QED) is 0.919. The van der Waals surface area contributed by atoms with Gasteiger partial charge in [-0.1, -0.05) is 0 Å². The van der Waals surface area contributed by atoms with Gasteiger partial charge < -0.3 is 14.7 Å². The third-order valence-electron chi connectivity index (χ3n) is 5.60. The SMILES string of the molecule is C[C@]1(O)CCOC[C@H]1[C@H]1CCCN1c1ccnc2cc(F)ccc12. The third-order valence-corrected chi connectivity index (χ3v) is 5.60. The standard InChI is InChI=1S/C19H23FN2O2/c1-19(23)7-10-24-12-15(19)18-3-2-9-22(18)17-6-8-21-16-11-13(20)4-5-14(16)17/h4-6,8,11,15,18,23H,2-3,7,9-10,12H2,1H3/t15-,18+,19-/m0/s1. The smallest absolute Gasteiger partial charge is 0.125 e. The number of pyridine rings is 1. The van der Waals surface area contributed by atoms with Crippen molar-refractivity contribution in [2.75, 3.05) is 24.7 Å². The molecule has 128 valence electrons. The second kappa shape index (κ2) is 5.97. The van der Waals surface area contributed by atoms with E-state index in [0.29, 0.717) is 25.2 Å². The summed E-state index contributed by atoms with van der Waals surface area (Å²) in [4.78, 5) is 6.66. The molecule has 0 bridgehead atoms. The Morgan fingerprint density at radius 1 is 1.38 bits per heavy atom. The number of rotatable bonds is 2. The number of nitrogens with zero attached hydrogens (tertiary/aromatic N) is 2. The highest BCUT2D eigenvalue weighted by molar-refractivity contribution is 5.91. The lowest BCUT2D eigenvalue weighted by molar-refractivity contribution is -0.108. The maximum Gasteiger partial charge on any atom is 0.125 e. The van der Waals surface area contributed by atoms with Crippen molar-refractivity contribution in [3.8, 4) is 0 Å². The zero-order valence-corrected chi connectivity index (χ0v) is 13.9. The van der Waals surface area contributed by atoms with Gasteiger partial charge in [-0.15, -0.1) is 0 Å². The molecule has 1 aromatic carbocycles. The van der Waals surface area contributed by atoms with Gasteiger partial charge in [0.1, 0.15) is 5.82 Å². The first kappa shape index (κ1) is 15.8. The molecule has 0 radical (unpaired) electrons. The van der Waals surface area contributed by atoms with E-state index in [2.05, 4.69) is 9.88 Å². The molecule has 0 spiro atoms. The summed E-state index contributed by atoms with van der Waals surface area (Å²) in [6.07, 6.45) is 4.53. The minimum atomic E-state index is -0.708. The molecule has 24 heavy (non-hydrogen) atoms. The first-order valence-corrected chi connectivity index (χ1v) is 8.67. The third kappa shape index (κ3) is 2.66. The molecule has 0 saturated carbocycles. The molecule has 5 heteroatoms. The molecule has 2 fully saturated rings. The van der Waals surface area contributed by atoms with Crippen LogP contribution in [0.25, 0.3) is 10.9 Å². The van der Waals surface area contributed by atoms with Crippen LogP contribution in [0.15, 0.2) is 30.5 Å². The van der Waals surface area contributed by atoms with Gasteiger partial charge in [0, 0.05) is 48.4 Å². The molecule has 2 aromatic rings. The highest BCUT2D eigenvalue weighted by Gasteiger charge is 2.44. The van der Waals surface area contributed by atoms with Gasteiger partial charge in [-0.2, -0.15) is 0 Å². The normalized spacial score (nSPS) is 30.9. The van der Waals surface area contributed by atoms with Gasteiger partial charge in [0.25, 0.3) is 0 Å². The Morgan fingerprint density at radius 2 is 2.25 bits per heavy atom. The molecule has 2 aliphatic heterocycles. The van der Waals surface area contributed by atoms with E-state index in [9.17, 15) is 9.50 Å². The van der Waals surface area contributed by atoms with Crippen molar-refractivity contribution in [2.45, 2.75) is 37.8 Å². The van der Waals surface area contributed by atoms with Crippen LogP contribution in [-0.2, 0) is 4.74 Å². The summed E-state index contributed by atoms with van der Waals surface area (Å²) in [5, 5.41) is 11.8. The molecule has 4 nitrogen and oxygen atoms in total. The number of benzene rings is 1. The number of aromatic nitrogens is 1. The summed E-state index contributed by atoms with van der Waals surface area (Å²) in [7, 11) is 0. The van der Waals surface area contributed by atoms with Crippen LogP contribution in [-0.4, -0.2) is 41.5 Å². The second-order valence-corrected chi connectivity index (χ2v) is 7.18. The minimum Gasteiger partial charge on any atom is -0.390 e. The van der Waals surface area contributed by atoms with Crippen LogP contribution in [0.4, 0.5) is 10.1 Å². The van der Waals surface area contributed by atoms with Crippen molar-refractivity contribution >= 4 is 16.6 Å². The second-order valence-electron chi connectivity index (χ2n) is 7.18. The van der Waals surface area contributed by atoms with Gasteiger partial charge in [0.15, 0.2) is 0 Å². The van der Waals surface area contributed by atoms with Crippen molar-refractivity contribution in [3.05, 3.63) is 36.3 Å². The number of hydrogen-bond acceptors (Lipinski definition) is 4. The maximum atomic E-state index is 13.5. The van der Waals surface area contributed by atoms with Crippen LogP contribution < -0.4 is 4.90 Å². The molecule has 1 N–H and O–H groups in total. The highest BCUT2D eigenvalue weighted by Crippen LogP contribution is 2.39. The number of ether oxygens (including phenoxy) is 1. The topological polar surface area (TPSA) is 45.6 Å². The lowest BCUT2D eigenvalue weighted by Gasteiger charge is -2.44.